The molecule has 1 aromatic carbocycles. The summed E-state index contributed by atoms with van der Waals surface area (Å²) in [6.45, 7) is 6.57. The zero-order valence-corrected chi connectivity index (χ0v) is 11.6. The standard InChI is InChI=1S/C14H15ClSi/c1-16(2,3)12-11-14(15)10-9-13-7-5-4-6-8-13/h4-8,14H,1-3H3. The fraction of sp³-hybridized carbons (Fsp3) is 0.286. The second-order valence-corrected chi connectivity index (χ2v) is 9.70. The van der Waals surface area contributed by atoms with E-state index in [1.165, 1.54) is 0 Å². The van der Waals surface area contributed by atoms with E-state index in [1.807, 2.05) is 30.3 Å². The van der Waals surface area contributed by atoms with Gasteiger partial charge in [-0.15, -0.1) is 5.54 Å². The molecule has 0 aromatic heterocycles. The number of benzene rings is 1. The Morgan fingerprint density at radius 2 is 1.69 bits per heavy atom. The lowest BCUT2D eigenvalue weighted by Crippen LogP contribution is -2.16. The van der Waals surface area contributed by atoms with Crippen molar-refractivity contribution in [3.05, 3.63) is 35.9 Å². The van der Waals surface area contributed by atoms with Crippen LogP contribution in [0.5, 0.6) is 0 Å². The molecule has 0 saturated carbocycles. The topological polar surface area (TPSA) is 0 Å². The van der Waals surface area contributed by atoms with E-state index < -0.39 is 8.07 Å². The van der Waals surface area contributed by atoms with E-state index >= 15 is 0 Å². The second-order valence-electron chi connectivity index (χ2n) is 4.52. The Bertz CT molecular complexity index is 449. The average molecular weight is 247 g/mol. The Morgan fingerprint density at radius 1 is 1.06 bits per heavy atom. The van der Waals surface area contributed by atoms with Crippen LogP contribution in [0, 0.1) is 23.3 Å². The fourth-order valence-electron chi connectivity index (χ4n) is 0.984. The van der Waals surface area contributed by atoms with Gasteiger partial charge in [0.15, 0.2) is 5.38 Å². The highest BCUT2D eigenvalue weighted by Crippen LogP contribution is 2.00. The maximum absolute atomic E-state index is 6.01. The van der Waals surface area contributed by atoms with E-state index in [0.29, 0.717) is 0 Å². The van der Waals surface area contributed by atoms with E-state index in [1.54, 1.807) is 0 Å². The molecule has 0 radical (unpaired) electrons. The van der Waals surface area contributed by atoms with Crippen LogP contribution in [-0.2, 0) is 0 Å². The molecule has 0 aliphatic rings. The van der Waals surface area contributed by atoms with Crippen LogP contribution in [0.25, 0.3) is 0 Å². The van der Waals surface area contributed by atoms with Crippen LogP contribution in [0.4, 0.5) is 0 Å². The lowest BCUT2D eigenvalue weighted by atomic mass is 10.2. The first-order valence-corrected chi connectivity index (χ1v) is 9.14. The molecule has 1 aromatic rings. The van der Waals surface area contributed by atoms with Crippen molar-refractivity contribution in [1.29, 1.82) is 0 Å². The Labute approximate surface area is 104 Å². The average Bonchev–Trinajstić information content (AvgIpc) is 2.24. The van der Waals surface area contributed by atoms with Crippen molar-refractivity contribution in [2.45, 2.75) is 25.0 Å². The SMILES string of the molecule is C[Si](C)(C)C#CC(Cl)C#Cc1ccccc1. The smallest absolute Gasteiger partial charge is 0.129 e. The quantitative estimate of drug-likeness (QED) is 0.373. The molecule has 0 saturated heterocycles. The van der Waals surface area contributed by atoms with Crippen molar-refractivity contribution < 1.29 is 0 Å². The predicted octanol–water partition coefficient (Wildman–Crippen LogP) is 3.53. The van der Waals surface area contributed by atoms with Crippen LogP contribution in [-0.4, -0.2) is 13.5 Å². The van der Waals surface area contributed by atoms with Gasteiger partial charge in [0, 0.05) is 5.56 Å². The van der Waals surface area contributed by atoms with Crippen LogP contribution >= 0.6 is 11.6 Å². The number of halogens is 1. The van der Waals surface area contributed by atoms with Crippen LogP contribution in [0.1, 0.15) is 5.56 Å². The Hall–Kier alpha value is -1.15. The van der Waals surface area contributed by atoms with Crippen molar-refractivity contribution in [2.24, 2.45) is 0 Å². The van der Waals surface area contributed by atoms with E-state index in [2.05, 4.69) is 42.9 Å². The van der Waals surface area contributed by atoms with Gasteiger partial charge in [0.2, 0.25) is 0 Å². The maximum atomic E-state index is 6.01. The minimum Gasteiger partial charge on any atom is -0.129 e. The first-order valence-electron chi connectivity index (χ1n) is 5.21. The zero-order valence-electron chi connectivity index (χ0n) is 9.84. The monoisotopic (exact) mass is 246 g/mol. The van der Waals surface area contributed by atoms with Crippen molar-refractivity contribution in [3.8, 4) is 23.3 Å². The molecule has 0 bridgehead atoms. The van der Waals surface area contributed by atoms with Gasteiger partial charge < -0.3 is 0 Å². The Morgan fingerprint density at radius 3 is 2.25 bits per heavy atom. The van der Waals surface area contributed by atoms with Crippen LogP contribution < -0.4 is 0 Å². The third-order valence-electron chi connectivity index (χ3n) is 1.69. The molecule has 1 atom stereocenters. The summed E-state index contributed by atoms with van der Waals surface area (Å²) >= 11 is 6.01. The summed E-state index contributed by atoms with van der Waals surface area (Å²) in [6, 6.07) is 9.81. The molecule has 1 rings (SSSR count). The third-order valence-corrected chi connectivity index (χ3v) is 2.80. The van der Waals surface area contributed by atoms with E-state index in [0.717, 1.165) is 5.56 Å². The molecule has 82 valence electrons. The summed E-state index contributed by atoms with van der Waals surface area (Å²) in [7, 11) is -1.34. The lowest BCUT2D eigenvalue weighted by Gasteiger charge is -2.03. The minimum atomic E-state index is -1.34. The van der Waals surface area contributed by atoms with Gasteiger partial charge in [-0.2, -0.15) is 0 Å². The molecule has 0 heterocycles. The van der Waals surface area contributed by atoms with Crippen molar-refractivity contribution in [3.63, 3.8) is 0 Å². The van der Waals surface area contributed by atoms with Gasteiger partial charge in [0.25, 0.3) is 0 Å². The van der Waals surface area contributed by atoms with E-state index in [4.69, 9.17) is 11.6 Å². The zero-order chi connectivity index (χ0) is 12.0. The van der Waals surface area contributed by atoms with Crippen molar-refractivity contribution in [1.82, 2.24) is 0 Å². The van der Waals surface area contributed by atoms with Gasteiger partial charge in [-0.1, -0.05) is 67.2 Å². The van der Waals surface area contributed by atoms with Crippen molar-refractivity contribution in [2.75, 3.05) is 0 Å². The van der Waals surface area contributed by atoms with Gasteiger partial charge >= 0.3 is 0 Å². The number of hydrogen-bond donors (Lipinski definition) is 0. The summed E-state index contributed by atoms with van der Waals surface area (Å²) in [5, 5.41) is -0.369. The fourth-order valence-corrected chi connectivity index (χ4v) is 1.76. The molecule has 2 heteroatoms. The largest absolute Gasteiger partial charge is 0.154 e. The van der Waals surface area contributed by atoms with Crippen molar-refractivity contribution >= 4 is 19.7 Å². The number of rotatable bonds is 0. The molecule has 0 N–H and O–H groups in total. The van der Waals surface area contributed by atoms with Crippen LogP contribution in [0.2, 0.25) is 19.6 Å². The van der Waals surface area contributed by atoms with Crippen LogP contribution in [0.3, 0.4) is 0 Å². The molecular formula is C14H15ClSi. The second kappa shape index (κ2) is 5.80. The first kappa shape index (κ1) is 12.9. The summed E-state index contributed by atoms with van der Waals surface area (Å²) in [4.78, 5) is 0. The Kier molecular flexibility index (Phi) is 4.68. The summed E-state index contributed by atoms with van der Waals surface area (Å²) in [6.07, 6.45) is 0. The summed E-state index contributed by atoms with van der Waals surface area (Å²) in [5.41, 5.74) is 4.19. The molecule has 1 unspecified atom stereocenters. The first-order chi connectivity index (χ1) is 7.47. The molecular weight excluding hydrogens is 232 g/mol. The van der Waals surface area contributed by atoms with Gasteiger partial charge in [-0.05, 0) is 12.1 Å². The highest BCUT2D eigenvalue weighted by molar-refractivity contribution is 6.83. The predicted molar refractivity (Wildman–Crippen MR) is 74.1 cm³/mol. The van der Waals surface area contributed by atoms with Gasteiger partial charge in [0.05, 0.1) is 0 Å². The molecule has 0 spiro atoms. The maximum Gasteiger partial charge on any atom is 0.154 e. The summed E-state index contributed by atoms with van der Waals surface area (Å²) < 4.78 is 0. The van der Waals surface area contributed by atoms with Gasteiger partial charge in [-0.3, -0.25) is 0 Å². The normalized spacial score (nSPS) is 11.8. The highest BCUT2D eigenvalue weighted by Gasteiger charge is 2.07. The van der Waals surface area contributed by atoms with E-state index in [-0.39, 0.29) is 5.38 Å². The molecule has 0 nitrogen and oxygen atoms in total. The summed E-state index contributed by atoms with van der Waals surface area (Å²) in [5.74, 6) is 8.94. The molecule has 0 fully saturated rings. The van der Waals surface area contributed by atoms with Gasteiger partial charge in [0.1, 0.15) is 8.07 Å². The number of alkyl halides is 1. The van der Waals surface area contributed by atoms with Crippen LogP contribution in [0.15, 0.2) is 30.3 Å². The minimum absolute atomic E-state index is 0.369. The molecule has 0 aliphatic heterocycles. The number of hydrogen-bond acceptors (Lipinski definition) is 0. The molecule has 0 amide bonds. The molecule has 0 aliphatic carbocycles. The highest BCUT2D eigenvalue weighted by atomic mass is 35.5. The van der Waals surface area contributed by atoms with E-state index in [9.17, 15) is 0 Å². The Balaban J connectivity index is 2.68. The van der Waals surface area contributed by atoms with Gasteiger partial charge in [-0.25, -0.2) is 0 Å². The lowest BCUT2D eigenvalue weighted by molar-refractivity contribution is 1.55. The molecule has 16 heavy (non-hydrogen) atoms. The third kappa shape index (κ3) is 5.66.